The fraction of sp³-hybridized carbons (Fsp3) is 1.00. The molecule has 0 fully saturated rings. The van der Waals surface area contributed by atoms with Gasteiger partial charge < -0.3 is 0 Å². The van der Waals surface area contributed by atoms with Gasteiger partial charge in [-0.1, -0.05) is 0 Å². The molecule has 0 amide bonds. The minimum atomic E-state index is -1.11. The Labute approximate surface area is 130 Å². The molecule has 20 heavy (non-hydrogen) atoms. The van der Waals surface area contributed by atoms with Crippen LogP contribution < -0.4 is 0 Å². The van der Waals surface area contributed by atoms with E-state index in [4.69, 9.17) is 0 Å². The van der Waals surface area contributed by atoms with Crippen LogP contribution in [-0.2, 0) is 0 Å². The van der Waals surface area contributed by atoms with E-state index in [0.29, 0.717) is 0 Å². The first-order valence-corrected chi connectivity index (χ1v) is 11.8. The van der Waals surface area contributed by atoms with Crippen LogP contribution in [0.5, 0.6) is 0 Å². The Morgan fingerprint density at radius 2 is 0.900 bits per heavy atom. The molecule has 0 bridgehead atoms. The van der Waals surface area contributed by atoms with Crippen molar-refractivity contribution in [1.82, 2.24) is 0 Å². The Balaban J connectivity index is 4.04. The molecule has 0 saturated heterocycles. The van der Waals surface area contributed by atoms with Gasteiger partial charge in [-0.05, 0) is 0 Å². The molecule has 0 aromatic carbocycles. The summed E-state index contributed by atoms with van der Waals surface area (Å²) in [6, 6.07) is 0. The van der Waals surface area contributed by atoms with E-state index in [1.54, 1.807) is 6.16 Å². The summed E-state index contributed by atoms with van der Waals surface area (Å²) in [7, 11) is -1.11. The molecular formula is C19H43P. The van der Waals surface area contributed by atoms with Crippen molar-refractivity contribution in [2.45, 2.75) is 117 Å². The van der Waals surface area contributed by atoms with Gasteiger partial charge in [0, 0.05) is 0 Å². The van der Waals surface area contributed by atoms with Crippen LogP contribution in [-0.4, -0.2) is 23.1 Å². The number of unbranched alkanes of at least 4 members (excludes halogenated alkanes) is 7. The van der Waals surface area contributed by atoms with E-state index in [1.807, 2.05) is 0 Å². The van der Waals surface area contributed by atoms with Crippen molar-refractivity contribution in [2.75, 3.05) is 6.16 Å². The van der Waals surface area contributed by atoms with Crippen LogP contribution in [0.2, 0.25) is 0 Å². The third kappa shape index (κ3) is 6.46. The Bertz CT molecular complexity index is 196. The van der Waals surface area contributed by atoms with Gasteiger partial charge in [-0.3, -0.25) is 0 Å². The van der Waals surface area contributed by atoms with E-state index < -0.39 is 7.26 Å². The molecule has 0 rings (SSSR count). The first-order chi connectivity index (χ1) is 9.39. The second kappa shape index (κ2) is 11.1. The average Bonchev–Trinajstić information content (AvgIpc) is 2.35. The van der Waals surface area contributed by atoms with Gasteiger partial charge in [0.15, 0.2) is 0 Å². The van der Waals surface area contributed by atoms with E-state index in [-0.39, 0.29) is 0 Å². The summed E-state index contributed by atoms with van der Waals surface area (Å²) in [5.74, 6) is 0. The monoisotopic (exact) mass is 302 g/mol. The van der Waals surface area contributed by atoms with Gasteiger partial charge in [0.2, 0.25) is 0 Å². The summed E-state index contributed by atoms with van der Waals surface area (Å²) in [5, 5.41) is 0. The summed E-state index contributed by atoms with van der Waals surface area (Å²) in [4.78, 5) is 0. The topological polar surface area (TPSA) is 0 Å². The minimum absolute atomic E-state index is 0.937. The van der Waals surface area contributed by atoms with Crippen molar-refractivity contribution in [3.8, 4) is 0 Å². The molecule has 0 nitrogen and oxygen atoms in total. The first-order valence-electron chi connectivity index (χ1n) is 9.39. The van der Waals surface area contributed by atoms with E-state index in [2.05, 4.69) is 48.5 Å². The summed E-state index contributed by atoms with van der Waals surface area (Å²) in [5.41, 5.74) is 2.81. The van der Waals surface area contributed by atoms with E-state index >= 15 is 0 Å². The van der Waals surface area contributed by atoms with E-state index in [1.165, 1.54) is 51.4 Å². The molecule has 0 N–H and O–H groups in total. The van der Waals surface area contributed by atoms with Crippen LogP contribution >= 0.6 is 7.26 Å². The number of hydrogen-bond donors (Lipinski definition) is 0. The molecule has 0 aliphatic carbocycles. The fourth-order valence-electron chi connectivity index (χ4n) is 4.43. The van der Waals surface area contributed by atoms with Gasteiger partial charge >= 0.3 is 130 Å². The molecule has 1 heteroatoms. The van der Waals surface area contributed by atoms with Crippen molar-refractivity contribution in [2.24, 2.45) is 0 Å². The van der Waals surface area contributed by atoms with Gasteiger partial charge in [0.05, 0.1) is 0 Å². The van der Waals surface area contributed by atoms with Gasteiger partial charge in [-0.25, -0.2) is 0 Å². The molecule has 0 aliphatic rings. The Morgan fingerprint density at radius 1 is 0.550 bits per heavy atom. The Morgan fingerprint density at radius 3 is 1.25 bits per heavy atom. The zero-order valence-electron chi connectivity index (χ0n) is 15.6. The second-order valence-corrected chi connectivity index (χ2v) is 14.0. The second-order valence-electron chi connectivity index (χ2n) is 7.80. The molecule has 124 valence electrons. The molecule has 0 heterocycles. The molecule has 0 atom stereocenters. The third-order valence-electron chi connectivity index (χ3n) is 5.69. The van der Waals surface area contributed by atoms with Crippen LogP contribution in [0.15, 0.2) is 0 Å². The molecule has 0 aliphatic heterocycles. The summed E-state index contributed by atoms with van der Waals surface area (Å²) in [6.45, 7) is 17.3. The van der Waals surface area contributed by atoms with Crippen molar-refractivity contribution < 1.29 is 0 Å². The van der Waals surface area contributed by atoms with Crippen molar-refractivity contribution in [3.05, 3.63) is 0 Å². The zero-order chi connectivity index (χ0) is 15.6. The standard InChI is InChI=1S/C19H43P/c1-8-9-10-11-12-13-14-15-16-20(17(2)3,18(4)5)19(6)7/h17-20H,8-16H2,1-7H3. The summed E-state index contributed by atoms with van der Waals surface area (Å²) >= 11 is 0. The fourth-order valence-corrected chi connectivity index (χ4v) is 11.0. The maximum atomic E-state index is 2.50. The van der Waals surface area contributed by atoms with Crippen LogP contribution in [0.3, 0.4) is 0 Å². The van der Waals surface area contributed by atoms with Gasteiger partial charge in [-0.15, -0.1) is 0 Å². The normalized spacial score (nSPS) is 13.7. The molecular weight excluding hydrogens is 259 g/mol. The molecule has 0 saturated carbocycles. The SMILES string of the molecule is CCCCCCCCCC[PH](C(C)C)(C(C)C)C(C)C. The van der Waals surface area contributed by atoms with Gasteiger partial charge in [0.1, 0.15) is 0 Å². The Kier molecular flexibility index (Phi) is 11.3. The van der Waals surface area contributed by atoms with Gasteiger partial charge in [0.25, 0.3) is 0 Å². The van der Waals surface area contributed by atoms with Crippen LogP contribution in [0.1, 0.15) is 99.8 Å². The van der Waals surface area contributed by atoms with Crippen LogP contribution in [0.4, 0.5) is 0 Å². The summed E-state index contributed by atoms with van der Waals surface area (Å²) in [6.07, 6.45) is 13.2. The number of rotatable bonds is 12. The summed E-state index contributed by atoms with van der Waals surface area (Å²) < 4.78 is 0. The predicted octanol–water partition coefficient (Wildman–Crippen LogP) is 7.10. The van der Waals surface area contributed by atoms with Crippen LogP contribution in [0.25, 0.3) is 0 Å². The van der Waals surface area contributed by atoms with Crippen molar-refractivity contribution >= 4 is 7.26 Å². The number of hydrogen-bond acceptors (Lipinski definition) is 0. The Hall–Kier alpha value is 0.430. The molecule has 0 radical (unpaired) electrons. The predicted molar refractivity (Wildman–Crippen MR) is 101 cm³/mol. The van der Waals surface area contributed by atoms with E-state index in [9.17, 15) is 0 Å². The van der Waals surface area contributed by atoms with Crippen molar-refractivity contribution in [3.63, 3.8) is 0 Å². The quantitative estimate of drug-likeness (QED) is 0.266. The molecule has 0 aromatic heterocycles. The molecule has 0 aromatic rings. The maximum absolute atomic E-state index is 2.50. The van der Waals surface area contributed by atoms with E-state index in [0.717, 1.165) is 17.0 Å². The molecule has 0 unspecified atom stereocenters. The molecule has 0 spiro atoms. The zero-order valence-corrected chi connectivity index (χ0v) is 16.6. The van der Waals surface area contributed by atoms with Crippen LogP contribution in [0, 0.1) is 0 Å². The van der Waals surface area contributed by atoms with Gasteiger partial charge in [-0.2, -0.15) is 0 Å². The first kappa shape index (κ1) is 20.4. The average molecular weight is 303 g/mol. The van der Waals surface area contributed by atoms with Crippen molar-refractivity contribution in [1.29, 1.82) is 0 Å². The third-order valence-corrected chi connectivity index (χ3v) is 13.4.